The number of halogens is 2. The average molecular weight is 330 g/mol. The van der Waals surface area contributed by atoms with Crippen LogP contribution in [0.15, 0.2) is 48.6 Å². The van der Waals surface area contributed by atoms with Crippen molar-refractivity contribution in [3.63, 3.8) is 0 Å². The first-order chi connectivity index (χ1) is 11.2. The molecule has 1 heterocycles. The molecule has 0 bridgehead atoms. The molecule has 1 aliphatic heterocycles. The van der Waals surface area contributed by atoms with Gasteiger partial charge in [-0.15, -0.1) is 0 Å². The Bertz CT molecular complexity index is 789. The molecule has 2 aromatic carbocycles. The maximum Gasteiger partial charge on any atom is 0.142 e. The maximum atomic E-state index is 14.4. The quantitative estimate of drug-likeness (QED) is 0.753. The lowest BCUT2D eigenvalue weighted by Crippen LogP contribution is -2.30. The van der Waals surface area contributed by atoms with Crippen molar-refractivity contribution in [1.82, 2.24) is 0 Å². The van der Waals surface area contributed by atoms with Gasteiger partial charge in [-0.1, -0.05) is 42.0 Å². The van der Waals surface area contributed by atoms with E-state index in [-0.39, 0.29) is 23.7 Å². The normalized spacial score (nSPS) is 24.7. The molecular weight excluding hydrogens is 313 g/mol. The molecular formula is C19H17ClFNO. The summed E-state index contributed by atoms with van der Waals surface area (Å²) < 4.78 is 19.8. The number of methoxy groups -OCH3 is 1. The Labute approximate surface area is 139 Å². The molecule has 118 valence electrons. The molecule has 0 spiro atoms. The van der Waals surface area contributed by atoms with E-state index in [1.165, 1.54) is 6.07 Å². The molecule has 4 rings (SSSR count). The van der Waals surface area contributed by atoms with Crippen LogP contribution in [0.1, 0.15) is 29.5 Å². The summed E-state index contributed by atoms with van der Waals surface area (Å²) in [6.45, 7) is 0. The Kier molecular flexibility index (Phi) is 3.53. The van der Waals surface area contributed by atoms with E-state index in [9.17, 15) is 4.39 Å². The van der Waals surface area contributed by atoms with Gasteiger partial charge in [-0.2, -0.15) is 0 Å². The lowest BCUT2D eigenvalue weighted by atomic mass is 9.76. The van der Waals surface area contributed by atoms with Crippen molar-refractivity contribution >= 4 is 17.3 Å². The molecule has 4 heteroatoms. The zero-order valence-corrected chi connectivity index (χ0v) is 13.5. The summed E-state index contributed by atoms with van der Waals surface area (Å²) in [6, 6.07) is 10.6. The number of benzene rings is 2. The van der Waals surface area contributed by atoms with Gasteiger partial charge in [-0.25, -0.2) is 4.39 Å². The van der Waals surface area contributed by atoms with Crippen LogP contribution in [0.3, 0.4) is 0 Å². The van der Waals surface area contributed by atoms with E-state index >= 15 is 0 Å². The zero-order valence-electron chi connectivity index (χ0n) is 12.7. The summed E-state index contributed by atoms with van der Waals surface area (Å²) in [5, 5.41) is 4.22. The van der Waals surface area contributed by atoms with E-state index in [2.05, 4.69) is 17.5 Å². The highest BCUT2D eigenvalue weighted by Crippen LogP contribution is 2.54. The fraction of sp³-hybridized carbons (Fsp3) is 0.263. The zero-order chi connectivity index (χ0) is 16.0. The van der Waals surface area contributed by atoms with Crippen molar-refractivity contribution in [3.05, 3.63) is 70.5 Å². The lowest BCUT2D eigenvalue weighted by Gasteiger charge is -2.38. The first-order valence-electron chi connectivity index (χ1n) is 7.74. The molecule has 0 amide bonds. The van der Waals surface area contributed by atoms with Crippen molar-refractivity contribution in [3.8, 4) is 5.75 Å². The average Bonchev–Trinajstić information content (AvgIpc) is 3.04. The predicted molar refractivity (Wildman–Crippen MR) is 90.8 cm³/mol. The third-order valence-corrected chi connectivity index (χ3v) is 5.22. The van der Waals surface area contributed by atoms with Gasteiger partial charge in [0, 0.05) is 22.1 Å². The number of hydrogen-bond acceptors (Lipinski definition) is 2. The van der Waals surface area contributed by atoms with Crippen molar-refractivity contribution in [2.24, 2.45) is 5.92 Å². The Hall–Kier alpha value is -2.00. The number of anilines is 1. The van der Waals surface area contributed by atoms with Gasteiger partial charge in [0.2, 0.25) is 0 Å². The van der Waals surface area contributed by atoms with E-state index in [0.717, 1.165) is 28.4 Å². The second-order valence-electron chi connectivity index (χ2n) is 6.04. The highest BCUT2D eigenvalue weighted by molar-refractivity contribution is 6.32. The molecule has 0 aromatic heterocycles. The number of rotatable bonds is 2. The van der Waals surface area contributed by atoms with Gasteiger partial charge >= 0.3 is 0 Å². The predicted octanol–water partition coefficient (Wildman–Crippen LogP) is 5.31. The standard InChI is InChI=1S/C19H17ClFNO/c1-23-16-10-9-14(20)17-11-6-4-7-12(11)18(22-19(16)17)13-5-2-3-8-15(13)21/h2-6,8-12,18,22H,7H2,1H3/t11-,12+,18+/m1/s1. The van der Waals surface area contributed by atoms with Gasteiger partial charge in [0.05, 0.1) is 18.8 Å². The van der Waals surface area contributed by atoms with E-state index in [4.69, 9.17) is 16.3 Å². The molecule has 0 unspecified atom stereocenters. The van der Waals surface area contributed by atoms with Gasteiger partial charge in [-0.05, 0) is 30.5 Å². The summed E-state index contributed by atoms with van der Waals surface area (Å²) in [7, 11) is 1.64. The van der Waals surface area contributed by atoms with Crippen LogP contribution in [0.2, 0.25) is 5.02 Å². The summed E-state index contributed by atoms with van der Waals surface area (Å²) in [5.74, 6) is 0.993. The number of ether oxygens (including phenoxy) is 1. The number of hydrogen-bond donors (Lipinski definition) is 1. The summed E-state index contributed by atoms with van der Waals surface area (Å²) in [4.78, 5) is 0. The van der Waals surface area contributed by atoms with Crippen molar-refractivity contribution in [2.45, 2.75) is 18.4 Å². The van der Waals surface area contributed by atoms with E-state index in [1.54, 1.807) is 13.2 Å². The smallest absolute Gasteiger partial charge is 0.142 e. The Morgan fingerprint density at radius 2 is 2.04 bits per heavy atom. The topological polar surface area (TPSA) is 21.3 Å². The van der Waals surface area contributed by atoms with Gasteiger partial charge in [-0.3, -0.25) is 0 Å². The van der Waals surface area contributed by atoms with Crippen molar-refractivity contribution in [2.75, 3.05) is 12.4 Å². The minimum absolute atomic E-state index is 0.101. The molecule has 2 aliphatic rings. The van der Waals surface area contributed by atoms with Crippen LogP contribution in [0.25, 0.3) is 0 Å². The summed E-state index contributed by atoms with van der Waals surface area (Å²) in [5.41, 5.74) is 2.62. The van der Waals surface area contributed by atoms with Gasteiger partial charge in [0.25, 0.3) is 0 Å². The first kappa shape index (κ1) is 14.6. The highest BCUT2D eigenvalue weighted by atomic mass is 35.5. The van der Waals surface area contributed by atoms with Crippen LogP contribution in [-0.4, -0.2) is 7.11 Å². The largest absolute Gasteiger partial charge is 0.495 e. The number of allylic oxidation sites excluding steroid dienone is 2. The van der Waals surface area contributed by atoms with E-state index in [0.29, 0.717) is 5.56 Å². The summed E-state index contributed by atoms with van der Waals surface area (Å²) in [6.07, 6.45) is 5.25. The number of fused-ring (bicyclic) bond motifs is 3. The molecule has 0 saturated heterocycles. The molecule has 2 nitrogen and oxygen atoms in total. The first-order valence-corrected chi connectivity index (χ1v) is 8.12. The third kappa shape index (κ3) is 2.22. The van der Waals surface area contributed by atoms with Gasteiger partial charge in [0.15, 0.2) is 0 Å². The van der Waals surface area contributed by atoms with Gasteiger partial charge in [0.1, 0.15) is 11.6 Å². The SMILES string of the molecule is COc1ccc(Cl)c2c1N[C@H](c1ccccc1F)[C@H]1CC=C[C@@H]21. The third-order valence-electron chi connectivity index (χ3n) is 4.89. The Balaban J connectivity index is 1.88. The number of nitrogens with one attached hydrogen (secondary N) is 1. The minimum Gasteiger partial charge on any atom is -0.495 e. The lowest BCUT2D eigenvalue weighted by molar-refractivity contribution is 0.392. The van der Waals surface area contributed by atoms with Crippen LogP contribution in [-0.2, 0) is 0 Å². The van der Waals surface area contributed by atoms with Crippen LogP contribution in [0, 0.1) is 11.7 Å². The van der Waals surface area contributed by atoms with Crippen LogP contribution in [0.5, 0.6) is 5.75 Å². The van der Waals surface area contributed by atoms with Crippen molar-refractivity contribution in [1.29, 1.82) is 0 Å². The molecule has 0 radical (unpaired) electrons. The summed E-state index contributed by atoms with van der Waals surface area (Å²) >= 11 is 6.46. The second kappa shape index (κ2) is 5.57. The molecule has 0 fully saturated rings. The van der Waals surface area contributed by atoms with Crippen LogP contribution in [0.4, 0.5) is 10.1 Å². The molecule has 1 aliphatic carbocycles. The second-order valence-corrected chi connectivity index (χ2v) is 6.44. The highest BCUT2D eigenvalue weighted by Gasteiger charge is 2.41. The Morgan fingerprint density at radius 3 is 2.83 bits per heavy atom. The minimum atomic E-state index is -0.180. The van der Waals surface area contributed by atoms with E-state index < -0.39 is 0 Å². The van der Waals surface area contributed by atoms with Crippen LogP contribution < -0.4 is 10.1 Å². The Morgan fingerprint density at radius 1 is 1.22 bits per heavy atom. The van der Waals surface area contributed by atoms with E-state index in [1.807, 2.05) is 24.3 Å². The molecule has 2 aromatic rings. The molecule has 1 N–H and O–H groups in total. The fourth-order valence-electron chi connectivity index (χ4n) is 3.84. The van der Waals surface area contributed by atoms with Crippen molar-refractivity contribution < 1.29 is 9.13 Å². The van der Waals surface area contributed by atoms with Gasteiger partial charge < -0.3 is 10.1 Å². The molecule has 23 heavy (non-hydrogen) atoms. The molecule has 0 saturated carbocycles. The fourth-order valence-corrected chi connectivity index (χ4v) is 4.13. The monoisotopic (exact) mass is 329 g/mol. The maximum absolute atomic E-state index is 14.4. The molecule has 3 atom stereocenters. The van der Waals surface area contributed by atoms with Crippen LogP contribution >= 0.6 is 11.6 Å².